The van der Waals surface area contributed by atoms with Crippen molar-refractivity contribution in [3.05, 3.63) is 66.0 Å². The predicted molar refractivity (Wildman–Crippen MR) is 128 cm³/mol. The number of nitrogens with zero attached hydrogens (tertiary/aromatic N) is 5. The number of halogens is 6. The van der Waals surface area contributed by atoms with Crippen LogP contribution in [0.2, 0.25) is 0 Å². The second kappa shape index (κ2) is 12.6. The standard InChI is InChI=1S/C20H18N6O.2C2HF3O2/c1-13-18(17-6-7-21-10-15(17)11-23-13)19-24-20(27-25-19)14-2-4-16(5-3-14)26-9-8-22-12-26;2*3-2(4,5)1(6)7/h2-5,8-9,11-12,21H,6-7,10H2,1H3;2*(H,6,7). The van der Waals surface area contributed by atoms with Gasteiger partial charge in [-0.15, -0.1) is 0 Å². The summed E-state index contributed by atoms with van der Waals surface area (Å²) in [6.07, 6.45) is -1.86. The van der Waals surface area contributed by atoms with Crippen molar-refractivity contribution in [2.24, 2.45) is 0 Å². The number of hydrogen-bond acceptors (Lipinski definition) is 8. The van der Waals surface area contributed by atoms with Crippen LogP contribution in [0.25, 0.3) is 28.5 Å². The molecular formula is C24H20F6N6O5. The Hall–Kier alpha value is -4.80. The van der Waals surface area contributed by atoms with E-state index in [-0.39, 0.29) is 0 Å². The highest BCUT2D eigenvalue weighted by Gasteiger charge is 2.38. The van der Waals surface area contributed by atoms with Gasteiger partial charge in [0, 0.05) is 47.6 Å². The summed E-state index contributed by atoms with van der Waals surface area (Å²) in [5.41, 5.74) is 6.31. The molecule has 0 saturated heterocycles. The number of fused-ring (bicyclic) bond motifs is 1. The van der Waals surface area contributed by atoms with E-state index in [1.165, 1.54) is 11.1 Å². The number of hydrogen-bond donors (Lipinski definition) is 3. The molecule has 0 atom stereocenters. The van der Waals surface area contributed by atoms with E-state index in [0.29, 0.717) is 11.7 Å². The molecule has 0 saturated carbocycles. The predicted octanol–water partition coefficient (Wildman–Crippen LogP) is 4.21. The third-order valence-corrected chi connectivity index (χ3v) is 5.38. The van der Waals surface area contributed by atoms with Crippen LogP contribution in [-0.4, -0.2) is 65.7 Å². The van der Waals surface area contributed by atoms with Crippen LogP contribution in [0.4, 0.5) is 26.3 Å². The van der Waals surface area contributed by atoms with Crippen molar-refractivity contribution < 1.29 is 50.7 Å². The van der Waals surface area contributed by atoms with E-state index in [1.807, 2.05) is 48.1 Å². The summed E-state index contributed by atoms with van der Waals surface area (Å²) in [6.45, 7) is 3.77. The van der Waals surface area contributed by atoms with E-state index in [4.69, 9.17) is 24.3 Å². The van der Waals surface area contributed by atoms with Crippen molar-refractivity contribution in [3.63, 3.8) is 0 Å². The zero-order chi connectivity index (χ0) is 30.4. The van der Waals surface area contributed by atoms with Gasteiger partial charge in [-0.2, -0.15) is 31.3 Å². The Kier molecular flexibility index (Phi) is 9.43. The first-order valence-electron chi connectivity index (χ1n) is 11.4. The zero-order valence-corrected chi connectivity index (χ0v) is 20.9. The minimum atomic E-state index is -5.08. The molecule has 4 aromatic rings. The maximum atomic E-state index is 10.6. The topological polar surface area (TPSA) is 156 Å². The van der Waals surface area contributed by atoms with E-state index in [1.54, 1.807) is 12.5 Å². The summed E-state index contributed by atoms with van der Waals surface area (Å²) >= 11 is 0. The molecule has 0 aliphatic carbocycles. The molecule has 11 nitrogen and oxygen atoms in total. The SMILES string of the molecule is Cc1ncc2c(c1-c1noc(-c3ccc(-n4ccnc4)cc3)n1)CCNC2.O=C(O)C(F)(F)F.O=C(O)C(F)(F)F. The summed E-state index contributed by atoms with van der Waals surface area (Å²) in [5.74, 6) is -4.40. The van der Waals surface area contributed by atoms with Gasteiger partial charge in [-0.25, -0.2) is 14.6 Å². The van der Waals surface area contributed by atoms with Gasteiger partial charge in [0.1, 0.15) is 0 Å². The average molecular weight is 586 g/mol. The van der Waals surface area contributed by atoms with Crippen LogP contribution in [0.1, 0.15) is 16.8 Å². The largest absolute Gasteiger partial charge is 0.490 e. The number of aryl methyl sites for hydroxylation is 1. The number of carbonyl (C=O) groups is 2. The number of imidazole rings is 1. The highest BCUT2D eigenvalue weighted by molar-refractivity contribution is 5.73. The van der Waals surface area contributed by atoms with Crippen LogP contribution in [0, 0.1) is 6.92 Å². The van der Waals surface area contributed by atoms with Crippen molar-refractivity contribution in [3.8, 4) is 28.5 Å². The summed E-state index contributed by atoms with van der Waals surface area (Å²) in [6, 6.07) is 7.96. The Labute approximate surface area is 226 Å². The molecular weight excluding hydrogens is 566 g/mol. The monoisotopic (exact) mass is 586 g/mol. The zero-order valence-electron chi connectivity index (χ0n) is 20.9. The Bertz CT molecular complexity index is 1460. The summed E-state index contributed by atoms with van der Waals surface area (Å²) < 4.78 is 71.0. The van der Waals surface area contributed by atoms with E-state index in [9.17, 15) is 26.3 Å². The second-order valence-electron chi connectivity index (χ2n) is 8.19. The van der Waals surface area contributed by atoms with Gasteiger partial charge in [0.25, 0.3) is 5.89 Å². The Morgan fingerprint density at radius 3 is 2.17 bits per heavy atom. The third kappa shape index (κ3) is 8.10. The molecule has 0 fully saturated rings. The van der Waals surface area contributed by atoms with E-state index in [0.717, 1.165) is 42.0 Å². The molecule has 5 rings (SSSR count). The van der Waals surface area contributed by atoms with Gasteiger partial charge < -0.3 is 24.6 Å². The highest BCUT2D eigenvalue weighted by Crippen LogP contribution is 2.30. The Morgan fingerprint density at radius 2 is 1.63 bits per heavy atom. The first-order valence-corrected chi connectivity index (χ1v) is 11.4. The minimum absolute atomic E-state index is 0.508. The maximum absolute atomic E-state index is 10.6. The average Bonchev–Trinajstić information content (AvgIpc) is 3.61. The molecule has 0 bridgehead atoms. The quantitative estimate of drug-likeness (QED) is 0.297. The number of benzene rings is 1. The fraction of sp³-hybridized carbons (Fsp3) is 0.250. The van der Waals surface area contributed by atoms with Crippen LogP contribution >= 0.6 is 0 Å². The molecule has 0 unspecified atom stereocenters. The lowest BCUT2D eigenvalue weighted by Crippen LogP contribution is -2.24. The lowest BCUT2D eigenvalue weighted by molar-refractivity contribution is -0.193. The summed E-state index contributed by atoms with van der Waals surface area (Å²) in [7, 11) is 0. The van der Waals surface area contributed by atoms with Gasteiger partial charge in [-0.1, -0.05) is 5.16 Å². The first kappa shape index (κ1) is 30.7. The molecule has 3 aromatic heterocycles. The minimum Gasteiger partial charge on any atom is -0.475 e. The summed E-state index contributed by atoms with van der Waals surface area (Å²) in [4.78, 5) is 31.0. The van der Waals surface area contributed by atoms with Crippen molar-refractivity contribution in [1.82, 2.24) is 30.0 Å². The lowest BCUT2D eigenvalue weighted by atomic mass is 9.95. The number of pyridine rings is 1. The number of aromatic nitrogens is 5. The molecule has 0 radical (unpaired) electrons. The first-order chi connectivity index (χ1) is 19.2. The number of carboxylic acids is 2. The van der Waals surface area contributed by atoms with Crippen molar-refractivity contribution in [2.75, 3.05) is 6.54 Å². The molecule has 218 valence electrons. The van der Waals surface area contributed by atoms with Crippen LogP contribution in [-0.2, 0) is 22.6 Å². The molecule has 0 spiro atoms. The molecule has 3 N–H and O–H groups in total. The summed E-state index contributed by atoms with van der Waals surface area (Å²) in [5, 5.41) is 21.9. The molecule has 4 heterocycles. The van der Waals surface area contributed by atoms with E-state index < -0.39 is 24.3 Å². The molecule has 41 heavy (non-hydrogen) atoms. The molecule has 17 heteroatoms. The number of rotatable bonds is 3. The number of alkyl halides is 6. The second-order valence-corrected chi connectivity index (χ2v) is 8.19. The Morgan fingerprint density at radius 1 is 1.02 bits per heavy atom. The van der Waals surface area contributed by atoms with Crippen molar-refractivity contribution in [1.29, 1.82) is 0 Å². The number of aliphatic carboxylic acids is 2. The van der Waals surface area contributed by atoms with Crippen LogP contribution in [0.5, 0.6) is 0 Å². The van der Waals surface area contributed by atoms with E-state index in [2.05, 4.69) is 25.4 Å². The molecule has 1 aliphatic rings. The fourth-order valence-corrected chi connectivity index (χ4v) is 3.50. The van der Waals surface area contributed by atoms with Crippen LogP contribution in [0.3, 0.4) is 0 Å². The normalized spacial score (nSPS) is 12.8. The number of nitrogens with one attached hydrogen (secondary N) is 1. The third-order valence-electron chi connectivity index (χ3n) is 5.38. The fourth-order valence-electron chi connectivity index (χ4n) is 3.50. The molecule has 1 aliphatic heterocycles. The van der Waals surface area contributed by atoms with Gasteiger partial charge in [0.15, 0.2) is 0 Å². The van der Waals surface area contributed by atoms with Crippen molar-refractivity contribution >= 4 is 11.9 Å². The molecule has 1 aromatic carbocycles. The lowest BCUT2D eigenvalue weighted by Gasteiger charge is -2.19. The Balaban J connectivity index is 0.000000276. The molecule has 0 amide bonds. The highest BCUT2D eigenvalue weighted by atomic mass is 19.4. The van der Waals surface area contributed by atoms with Gasteiger partial charge in [0.2, 0.25) is 5.82 Å². The van der Waals surface area contributed by atoms with Crippen LogP contribution in [0.15, 0.2) is 53.7 Å². The van der Waals surface area contributed by atoms with Gasteiger partial charge in [-0.05, 0) is 55.3 Å². The van der Waals surface area contributed by atoms with Crippen LogP contribution < -0.4 is 5.32 Å². The van der Waals surface area contributed by atoms with Gasteiger partial charge in [0.05, 0.1) is 6.33 Å². The van der Waals surface area contributed by atoms with Gasteiger partial charge in [-0.3, -0.25) is 4.98 Å². The van der Waals surface area contributed by atoms with Crippen molar-refractivity contribution in [2.45, 2.75) is 32.2 Å². The smallest absolute Gasteiger partial charge is 0.475 e. The number of carboxylic acid groups (broad SMARTS) is 2. The van der Waals surface area contributed by atoms with Gasteiger partial charge >= 0.3 is 24.3 Å². The maximum Gasteiger partial charge on any atom is 0.490 e. The van der Waals surface area contributed by atoms with E-state index >= 15 is 0 Å².